The molecule has 2 aromatic rings. The molecule has 1 fully saturated rings. The number of benzene rings is 2. The molecule has 2 N–H and O–H groups in total. The first kappa shape index (κ1) is 19.5. The molecular formula is C19H17Cl2FN2O3. The van der Waals surface area contributed by atoms with Crippen molar-refractivity contribution in [1.82, 2.24) is 10.2 Å². The minimum atomic E-state index is -1.01. The molecule has 142 valence electrons. The number of amides is 2. The Balaban J connectivity index is 1.84. The number of carbonyl (C=O) groups excluding carboxylic acids is 1. The number of piperidine rings is 1. The van der Waals surface area contributed by atoms with E-state index >= 15 is 0 Å². The number of nitrogens with one attached hydrogen (secondary N) is 1. The molecule has 0 aliphatic carbocycles. The number of nitrogens with zero attached hydrogens (tertiary/aromatic N) is 1. The summed E-state index contributed by atoms with van der Waals surface area (Å²) in [5.74, 6) is -1.04. The highest BCUT2D eigenvalue weighted by Crippen LogP contribution is 2.32. The first-order chi connectivity index (χ1) is 12.8. The van der Waals surface area contributed by atoms with Crippen LogP contribution >= 0.6 is 23.2 Å². The van der Waals surface area contributed by atoms with Crippen molar-refractivity contribution in [3.63, 3.8) is 0 Å². The van der Waals surface area contributed by atoms with Crippen LogP contribution in [0.3, 0.4) is 0 Å². The molecule has 2 unspecified atom stereocenters. The zero-order chi connectivity index (χ0) is 19.6. The summed E-state index contributed by atoms with van der Waals surface area (Å²) in [7, 11) is 0. The first-order valence-electron chi connectivity index (χ1n) is 8.34. The molecule has 0 saturated carbocycles. The van der Waals surface area contributed by atoms with Crippen LogP contribution < -0.4 is 5.32 Å². The molecule has 0 aromatic heterocycles. The van der Waals surface area contributed by atoms with E-state index < -0.39 is 11.9 Å². The highest BCUT2D eigenvalue weighted by atomic mass is 35.5. The minimum absolute atomic E-state index is 0.224. The second kappa shape index (κ2) is 8.15. The molecule has 0 spiro atoms. The molecule has 0 bridgehead atoms. The van der Waals surface area contributed by atoms with Crippen molar-refractivity contribution in [1.29, 1.82) is 0 Å². The van der Waals surface area contributed by atoms with Crippen molar-refractivity contribution < 1.29 is 19.1 Å². The van der Waals surface area contributed by atoms with E-state index in [1.54, 1.807) is 18.2 Å². The molecule has 2 amide bonds. The van der Waals surface area contributed by atoms with Crippen LogP contribution in [-0.4, -0.2) is 41.1 Å². The van der Waals surface area contributed by atoms with E-state index in [-0.39, 0.29) is 24.4 Å². The molecule has 5 nitrogen and oxygen atoms in total. The fourth-order valence-electron chi connectivity index (χ4n) is 3.23. The Hall–Kier alpha value is -2.31. The van der Waals surface area contributed by atoms with Crippen LogP contribution in [0.2, 0.25) is 10.0 Å². The maximum Gasteiger partial charge on any atom is 0.407 e. The molecule has 1 aliphatic rings. The predicted molar refractivity (Wildman–Crippen MR) is 101 cm³/mol. The van der Waals surface area contributed by atoms with Crippen molar-refractivity contribution >= 4 is 35.2 Å². The summed E-state index contributed by atoms with van der Waals surface area (Å²) in [6.07, 6.45) is -0.562. The number of carboxylic acid groups (broad SMARTS) is 1. The second-order valence-electron chi connectivity index (χ2n) is 6.38. The van der Waals surface area contributed by atoms with Gasteiger partial charge >= 0.3 is 6.09 Å². The average Bonchev–Trinajstić information content (AvgIpc) is 2.64. The lowest BCUT2D eigenvalue weighted by atomic mass is 9.86. The van der Waals surface area contributed by atoms with Crippen LogP contribution in [0.1, 0.15) is 28.3 Å². The SMILES string of the molecule is O=C(NC1CCN(C(=O)O)CC1c1ccc(Cl)c(Cl)c1)c1ccc(F)cc1. The van der Waals surface area contributed by atoms with Gasteiger partial charge in [0.15, 0.2) is 0 Å². The Labute approximate surface area is 165 Å². The summed E-state index contributed by atoms with van der Waals surface area (Å²) in [5, 5.41) is 13.0. The third-order valence-electron chi connectivity index (χ3n) is 4.68. The molecule has 1 heterocycles. The van der Waals surface area contributed by atoms with Crippen LogP contribution in [-0.2, 0) is 0 Å². The quantitative estimate of drug-likeness (QED) is 0.787. The van der Waals surface area contributed by atoms with E-state index in [2.05, 4.69) is 5.32 Å². The van der Waals surface area contributed by atoms with Gasteiger partial charge in [0.1, 0.15) is 5.82 Å². The molecule has 8 heteroatoms. The fraction of sp³-hybridized carbons (Fsp3) is 0.263. The van der Waals surface area contributed by atoms with Gasteiger partial charge in [0.25, 0.3) is 5.91 Å². The maximum absolute atomic E-state index is 13.1. The van der Waals surface area contributed by atoms with Crippen molar-refractivity contribution in [3.8, 4) is 0 Å². The van der Waals surface area contributed by atoms with Gasteiger partial charge in [-0.2, -0.15) is 0 Å². The summed E-state index contributed by atoms with van der Waals surface area (Å²) in [4.78, 5) is 25.2. The smallest absolute Gasteiger partial charge is 0.407 e. The number of halogens is 3. The fourth-order valence-corrected chi connectivity index (χ4v) is 3.54. The number of rotatable bonds is 3. The van der Waals surface area contributed by atoms with Gasteiger partial charge in [-0.05, 0) is 48.4 Å². The number of hydrogen-bond acceptors (Lipinski definition) is 2. The third kappa shape index (κ3) is 4.51. The highest BCUT2D eigenvalue weighted by Gasteiger charge is 2.33. The summed E-state index contributed by atoms with van der Waals surface area (Å²) in [6, 6.07) is 10.1. The van der Waals surface area contributed by atoms with Gasteiger partial charge in [-0.25, -0.2) is 9.18 Å². The Morgan fingerprint density at radius 1 is 1.11 bits per heavy atom. The Kier molecular flexibility index (Phi) is 5.87. The largest absolute Gasteiger partial charge is 0.465 e. The van der Waals surface area contributed by atoms with E-state index in [4.69, 9.17) is 23.2 Å². The molecule has 0 radical (unpaired) electrons. The lowest BCUT2D eigenvalue weighted by Crippen LogP contribution is -2.51. The predicted octanol–water partition coefficient (Wildman–Crippen LogP) is 4.40. The van der Waals surface area contributed by atoms with Crippen LogP contribution in [0.5, 0.6) is 0 Å². The van der Waals surface area contributed by atoms with Crippen LogP contribution in [0.25, 0.3) is 0 Å². The lowest BCUT2D eigenvalue weighted by molar-refractivity contribution is 0.0888. The standard InChI is InChI=1S/C19H17Cl2FN2O3/c20-15-6-3-12(9-16(15)21)14-10-24(19(26)27)8-7-17(14)23-18(25)11-1-4-13(22)5-2-11/h1-6,9,14,17H,7-8,10H2,(H,23,25)(H,26,27). The Bertz CT molecular complexity index is 861. The van der Waals surface area contributed by atoms with Crippen LogP contribution in [0.4, 0.5) is 9.18 Å². The van der Waals surface area contributed by atoms with Crippen molar-refractivity contribution in [2.24, 2.45) is 0 Å². The van der Waals surface area contributed by atoms with Crippen molar-refractivity contribution in [3.05, 3.63) is 69.5 Å². The number of likely N-dealkylation sites (tertiary alicyclic amines) is 1. The molecule has 1 saturated heterocycles. The van der Waals surface area contributed by atoms with E-state index in [0.717, 1.165) is 5.56 Å². The Morgan fingerprint density at radius 3 is 2.44 bits per heavy atom. The topological polar surface area (TPSA) is 69.6 Å². The Morgan fingerprint density at radius 2 is 1.81 bits per heavy atom. The van der Waals surface area contributed by atoms with Gasteiger partial charge in [-0.15, -0.1) is 0 Å². The van der Waals surface area contributed by atoms with Gasteiger partial charge in [-0.3, -0.25) is 4.79 Å². The molecule has 2 atom stereocenters. The van der Waals surface area contributed by atoms with Crippen molar-refractivity contribution in [2.45, 2.75) is 18.4 Å². The van der Waals surface area contributed by atoms with E-state index in [9.17, 15) is 19.1 Å². The van der Waals surface area contributed by atoms with Gasteiger partial charge in [0.05, 0.1) is 10.0 Å². The zero-order valence-electron chi connectivity index (χ0n) is 14.2. The van der Waals surface area contributed by atoms with E-state index in [0.29, 0.717) is 28.6 Å². The van der Waals surface area contributed by atoms with Crippen molar-refractivity contribution in [2.75, 3.05) is 13.1 Å². The first-order valence-corrected chi connectivity index (χ1v) is 9.10. The molecular weight excluding hydrogens is 394 g/mol. The van der Waals surface area contributed by atoms with E-state index in [1.165, 1.54) is 29.2 Å². The molecule has 3 rings (SSSR count). The monoisotopic (exact) mass is 410 g/mol. The van der Waals surface area contributed by atoms with Gasteiger partial charge in [-0.1, -0.05) is 29.3 Å². The van der Waals surface area contributed by atoms with Gasteiger partial charge in [0.2, 0.25) is 0 Å². The molecule has 1 aliphatic heterocycles. The molecule has 27 heavy (non-hydrogen) atoms. The second-order valence-corrected chi connectivity index (χ2v) is 7.20. The third-order valence-corrected chi connectivity index (χ3v) is 5.42. The number of hydrogen-bond donors (Lipinski definition) is 2. The molecule has 2 aromatic carbocycles. The lowest BCUT2D eigenvalue weighted by Gasteiger charge is -2.38. The average molecular weight is 411 g/mol. The van der Waals surface area contributed by atoms with E-state index in [1.807, 2.05) is 0 Å². The zero-order valence-corrected chi connectivity index (χ0v) is 15.7. The maximum atomic E-state index is 13.1. The number of carbonyl (C=O) groups is 2. The van der Waals surface area contributed by atoms with Gasteiger partial charge in [0, 0.05) is 30.6 Å². The minimum Gasteiger partial charge on any atom is -0.465 e. The normalized spacial score (nSPS) is 19.6. The summed E-state index contributed by atoms with van der Waals surface area (Å²) < 4.78 is 13.1. The summed E-state index contributed by atoms with van der Waals surface area (Å²) in [6.45, 7) is 0.531. The van der Waals surface area contributed by atoms with Gasteiger partial charge < -0.3 is 15.3 Å². The highest BCUT2D eigenvalue weighted by molar-refractivity contribution is 6.42. The summed E-state index contributed by atoms with van der Waals surface area (Å²) >= 11 is 12.1. The van der Waals surface area contributed by atoms with Crippen LogP contribution in [0.15, 0.2) is 42.5 Å². The van der Waals surface area contributed by atoms with Crippen LogP contribution in [0, 0.1) is 5.82 Å². The summed E-state index contributed by atoms with van der Waals surface area (Å²) in [5.41, 5.74) is 1.13.